The van der Waals surface area contributed by atoms with Crippen LogP contribution in [-0.2, 0) is 17.3 Å². The standard InChI is InChI=1S/C18H33N5O2S/c1-6-19-17(20-7-12-26(24)18(3,4)5)23-10-8-22(9-11-23)14-16-13-15(2)25-21-16/h13H,6-12,14H2,1-5H3,(H,19,20). The molecular weight excluding hydrogens is 350 g/mol. The fourth-order valence-corrected chi connectivity index (χ4v) is 3.68. The first kappa shape index (κ1) is 20.9. The van der Waals surface area contributed by atoms with E-state index in [0.717, 1.165) is 56.7 Å². The van der Waals surface area contributed by atoms with Crippen molar-refractivity contribution in [2.75, 3.05) is 45.0 Å². The van der Waals surface area contributed by atoms with Crippen LogP contribution in [0.2, 0.25) is 0 Å². The Morgan fingerprint density at radius 2 is 2.04 bits per heavy atom. The summed E-state index contributed by atoms with van der Waals surface area (Å²) in [4.78, 5) is 9.36. The molecule has 0 radical (unpaired) electrons. The van der Waals surface area contributed by atoms with E-state index in [-0.39, 0.29) is 4.75 Å². The number of nitrogens with zero attached hydrogens (tertiary/aromatic N) is 4. The van der Waals surface area contributed by atoms with Crippen LogP contribution in [0, 0.1) is 6.92 Å². The van der Waals surface area contributed by atoms with Gasteiger partial charge in [0.2, 0.25) is 0 Å². The second-order valence-electron chi connectivity index (χ2n) is 7.59. The number of hydrogen-bond acceptors (Lipinski definition) is 5. The molecular formula is C18H33N5O2S. The van der Waals surface area contributed by atoms with Crippen molar-refractivity contribution >= 4 is 16.8 Å². The highest BCUT2D eigenvalue weighted by molar-refractivity contribution is 7.86. The zero-order valence-corrected chi connectivity index (χ0v) is 17.6. The lowest BCUT2D eigenvalue weighted by Gasteiger charge is -2.36. The second kappa shape index (κ2) is 9.50. The average molecular weight is 384 g/mol. The molecule has 1 aromatic heterocycles. The van der Waals surface area contributed by atoms with E-state index in [1.807, 2.05) is 33.8 Å². The topological polar surface area (TPSA) is 74.0 Å². The molecule has 2 rings (SSSR count). The van der Waals surface area contributed by atoms with E-state index >= 15 is 0 Å². The van der Waals surface area contributed by atoms with Crippen LogP contribution in [0.3, 0.4) is 0 Å². The fourth-order valence-electron chi connectivity index (χ4n) is 2.81. The molecule has 0 spiro atoms. The van der Waals surface area contributed by atoms with Crippen molar-refractivity contribution in [2.45, 2.75) is 45.9 Å². The molecule has 1 unspecified atom stereocenters. The van der Waals surface area contributed by atoms with Gasteiger partial charge in [-0.15, -0.1) is 0 Å². The van der Waals surface area contributed by atoms with Crippen LogP contribution < -0.4 is 5.32 Å². The number of rotatable bonds is 6. The highest BCUT2D eigenvalue weighted by Crippen LogP contribution is 2.12. The van der Waals surface area contributed by atoms with Gasteiger partial charge in [0.15, 0.2) is 5.96 Å². The van der Waals surface area contributed by atoms with Crippen molar-refractivity contribution in [3.05, 3.63) is 17.5 Å². The Bertz CT molecular complexity index is 615. The van der Waals surface area contributed by atoms with Gasteiger partial charge in [-0.1, -0.05) is 5.16 Å². The van der Waals surface area contributed by atoms with E-state index in [4.69, 9.17) is 9.52 Å². The van der Waals surface area contributed by atoms with E-state index in [9.17, 15) is 4.21 Å². The molecule has 1 atom stereocenters. The first-order valence-electron chi connectivity index (χ1n) is 9.36. The summed E-state index contributed by atoms with van der Waals surface area (Å²) in [6.07, 6.45) is 0. The van der Waals surface area contributed by atoms with Crippen molar-refractivity contribution in [1.29, 1.82) is 0 Å². The molecule has 0 amide bonds. The predicted molar refractivity (Wildman–Crippen MR) is 107 cm³/mol. The maximum Gasteiger partial charge on any atom is 0.194 e. The Morgan fingerprint density at radius 3 is 2.58 bits per heavy atom. The third kappa shape index (κ3) is 6.39. The lowest BCUT2D eigenvalue weighted by Crippen LogP contribution is -2.52. The lowest BCUT2D eigenvalue weighted by molar-refractivity contribution is 0.169. The molecule has 1 aliphatic rings. The van der Waals surface area contributed by atoms with E-state index in [1.165, 1.54) is 0 Å². The zero-order valence-electron chi connectivity index (χ0n) is 16.7. The minimum atomic E-state index is -0.866. The van der Waals surface area contributed by atoms with Gasteiger partial charge in [-0.25, -0.2) is 0 Å². The van der Waals surface area contributed by atoms with Gasteiger partial charge in [-0.2, -0.15) is 0 Å². The SMILES string of the molecule is CCNC(=NCCS(=O)C(C)(C)C)N1CCN(Cc2cc(C)on2)CC1. The fraction of sp³-hybridized carbons (Fsp3) is 0.778. The van der Waals surface area contributed by atoms with Crippen LogP contribution in [-0.4, -0.2) is 74.9 Å². The molecule has 1 fully saturated rings. The van der Waals surface area contributed by atoms with Crippen molar-refractivity contribution in [2.24, 2.45) is 4.99 Å². The number of aromatic nitrogens is 1. The van der Waals surface area contributed by atoms with Crippen molar-refractivity contribution in [3.63, 3.8) is 0 Å². The van der Waals surface area contributed by atoms with Gasteiger partial charge in [-0.05, 0) is 34.6 Å². The normalized spacial score (nSPS) is 18.2. The number of piperazine rings is 1. The smallest absolute Gasteiger partial charge is 0.194 e. The van der Waals surface area contributed by atoms with Crippen molar-refractivity contribution in [1.82, 2.24) is 20.3 Å². The minimum absolute atomic E-state index is 0.182. The highest BCUT2D eigenvalue weighted by Gasteiger charge is 2.21. The first-order valence-corrected chi connectivity index (χ1v) is 10.7. The Hall–Kier alpha value is -1.41. The quantitative estimate of drug-likeness (QED) is 0.594. The monoisotopic (exact) mass is 383 g/mol. The number of nitrogens with one attached hydrogen (secondary N) is 1. The number of aryl methyl sites for hydroxylation is 1. The molecule has 8 heteroatoms. The van der Waals surface area contributed by atoms with Crippen LogP contribution in [0.4, 0.5) is 0 Å². The Kier molecular flexibility index (Phi) is 7.64. The maximum absolute atomic E-state index is 12.2. The van der Waals surface area contributed by atoms with Crippen molar-refractivity contribution < 1.29 is 8.73 Å². The summed E-state index contributed by atoms with van der Waals surface area (Å²) in [5.74, 6) is 2.38. The third-order valence-corrected chi connectivity index (χ3v) is 6.21. The minimum Gasteiger partial charge on any atom is -0.361 e. The molecule has 0 saturated carbocycles. The summed E-state index contributed by atoms with van der Waals surface area (Å²) in [5, 5.41) is 7.44. The van der Waals surface area contributed by atoms with E-state index in [0.29, 0.717) is 12.3 Å². The van der Waals surface area contributed by atoms with Crippen LogP contribution in [0.25, 0.3) is 0 Å². The summed E-state index contributed by atoms with van der Waals surface area (Å²) in [5.41, 5.74) is 0.987. The predicted octanol–water partition coefficient (Wildman–Crippen LogP) is 1.61. The molecule has 7 nitrogen and oxygen atoms in total. The average Bonchev–Trinajstić information content (AvgIpc) is 2.99. The van der Waals surface area contributed by atoms with E-state index in [2.05, 4.69) is 27.2 Å². The van der Waals surface area contributed by atoms with Gasteiger partial charge < -0.3 is 14.7 Å². The van der Waals surface area contributed by atoms with Gasteiger partial charge in [0.05, 0.1) is 12.2 Å². The molecule has 1 aliphatic heterocycles. The summed E-state index contributed by atoms with van der Waals surface area (Å²) in [7, 11) is -0.866. The maximum atomic E-state index is 12.2. The highest BCUT2D eigenvalue weighted by atomic mass is 32.2. The molecule has 1 aromatic rings. The van der Waals surface area contributed by atoms with Crippen LogP contribution in [0.5, 0.6) is 0 Å². The Labute approximate surface area is 159 Å². The first-order chi connectivity index (χ1) is 12.3. The third-order valence-electron chi connectivity index (χ3n) is 4.29. The molecule has 2 heterocycles. The molecule has 1 N–H and O–H groups in total. The summed E-state index contributed by atoms with van der Waals surface area (Å²) < 4.78 is 17.1. The van der Waals surface area contributed by atoms with Gasteiger partial charge in [-0.3, -0.25) is 14.1 Å². The number of aliphatic imine (C=N–C) groups is 1. The van der Waals surface area contributed by atoms with Crippen LogP contribution in [0.1, 0.15) is 39.1 Å². The van der Waals surface area contributed by atoms with Crippen LogP contribution >= 0.6 is 0 Å². The number of hydrogen-bond donors (Lipinski definition) is 1. The molecule has 148 valence electrons. The van der Waals surface area contributed by atoms with Gasteiger partial charge >= 0.3 is 0 Å². The lowest BCUT2D eigenvalue weighted by atomic mass is 10.3. The molecule has 0 aliphatic carbocycles. The van der Waals surface area contributed by atoms with E-state index in [1.54, 1.807) is 0 Å². The largest absolute Gasteiger partial charge is 0.361 e. The van der Waals surface area contributed by atoms with Gasteiger partial charge in [0.1, 0.15) is 5.76 Å². The Morgan fingerprint density at radius 1 is 1.35 bits per heavy atom. The van der Waals surface area contributed by atoms with Crippen molar-refractivity contribution in [3.8, 4) is 0 Å². The summed E-state index contributed by atoms with van der Waals surface area (Å²) >= 11 is 0. The zero-order chi connectivity index (χ0) is 19.2. The summed E-state index contributed by atoms with van der Waals surface area (Å²) in [6.45, 7) is 16.0. The number of guanidine groups is 1. The molecule has 0 bridgehead atoms. The van der Waals surface area contributed by atoms with E-state index < -0.39 is 10.8 Å². The van der Waals surface area contributed by atoms with Gasteiger partial charge in [0, 0.05) is 66.6 Å². The summed E-state index contributed by atoms with van der Waals surface area (Å²) in [6, 6.07) is 1.99. The van der Waals surface area contributed by atoms with Gasteiger partial charge in [0.25, 0.3) is 0 Å². The van der Waals surface area contributed by atoms with Crippen LogP contribution in [0.15, 0.2) is 15.6 Å². The molecule has 26 heavy (non-hydrogen) atoms. The molecule has 1 saturated heterocycles. The Balaban J connectivity index is 1.84. The molecule has 0 aromatic carbocycles. The second-order valence-corrected chi connectivity index (χ2v) is 9.91.